The lowest BCUT2D eigenvalue weighted by atomic mass is 10.5. The van der Waals surface area contributed by atoms with Crippen LogP contribution in [0.25, 0.3) is 0 Å². The van der Waals surface area contributed by atoms with Gasteiger partial charge >= 0.3 is 6.09 Å². The van der Waals surface area contributed by atoms with Gasteiger partial charge in [-0.2, -0.15) is 0 Å². The van der Waals surface area contributed by atoms with Crippen LogP contribution in [0.15, 0.2) is 0 Å². The monoisotopic (exact) mass is 184 g/mol. The molecule has 4 heteroatoms. The van der Waals surface area contributed by atoms with Gasteiger partial charge in [0.05, 0.1) is 20.2 Å². The third kappa shape index (κ3) is 6.00. The van der Waals surface area contributed by atoms with Gasteiger partial charge in [0.15, 0.2) is 0 Å². The Morgan fingerprint density at radius 3 is 2.23 bits per heavy atom. The van der Waals surface area contributed by atoms with E-state index < -0.39 is 0 Å². The van der Waals surface area contributed by atoms with Gasteiger partial charge in [0.25, 0.3) is 0 Å². The highest BCUT2D eigenvalue weighted by atomic mass is 16.5. The summed E-state index contributed by atoms with van der Waals surface area (Å²) in [5, 5.41) is 0. The maximum Gasteiger partial charge on any atom is 0.410 e. The van der Waals surface area contributed by atoms with E-state index in [0.717, 1.165) is 0 Å². The Kier molecular flexibility index (Phi) is 5.73. The quantitative estimate of drug-likeness (QED) is 0.577. The summed E-state index contributed by atoms with van der Waals surface area (Å²) in [5.74, 6) is 5.79. The minimum absolute atomic E-state index is 0.362. The summed E-state index contributed by atoms with van der Waals surface area (Å²) < 4.78 is 4.50. The number of amides is 1. The SMILES string of the molecule is COC(=O)N(C)CC#CCN(C)C. The van der Waals surface area contributed by atoms with Gasteiger partial charge in [-0.1, -0.05) is 11.8 Å². The largest absolute Gasteiger partial charge is 0.453 e. The predicted octanol–water partition coefficient (Wildman–Crippen LogP) is 0.250. The van der Waals surface area contributed by atoms with E-state index in [1.165, 1.54) is 12.0 Å². The molecule has 0 aliphatic rings. The van der Waals surface area contributed by atoms with E-state index >= 15 is 0 Å². The molecular formula is C9H16N2O2. The van der Waals surface area contributed by atoms with E-state index in [-0.39, 0.29) is 6.09 Å². The highest BCUT2D eigenvalue weighted by molar-refractivity contribution is 5.67. The van der Waals surface area contributed by atoms with Gasteiger partial charge in [-0.05, 0) is 14.1 Å². The first-order valence-electron chi connectivity index (χ1n) is 3.97. The van der Waals surface area contributed by atoms with Crippen LogP contribution in [-0.2, 0) is 4.74 Å². The molecule has 0 aliphatic heterocycles. The summed E-state index contributed by atoms with van der Waals surface area (Å²) in [5.41, 5.74) is 0. The molecule has 0 radical (unpaired) electrons. The predicted molar refractivity (Wildman–Crippen MR) is 51.4 cm³/mol. The molecule has 0 aromatic rings. The molecule has 0 spiro atoms. The van der Waals surface area contributed by atoms with Crippen molar-refractivity contribution in [3.05, 3.63) is 0 Å². The molecule has 0 N–H and O–H groups in total. The molecule has 0 bridgehead atoms. The Bertz CT molecular complexity index is 215. The number of carbonyl (C=O) groups excluding carboxylic acids is 1. The molecule has 0 unspecified atom stereocenters. The van der Waals surface area contributed by atoms with Gasteiger partial charge in [0, 0.05) is 7.05 Å². The van der Waals surface area contributed by atoms with E-state index in [2.05, 4.69) is 16.6 Å². The molecule has 13 heavy (non-hydrogen) atoms. The summed E-state index contributed by atoms with van der Waals surface area (Å²) in [4.78, 5) is 14.2. The molecule has 74 valence electrons. The zero-order valence-corrected chi connectivity index (χ0v) is 8.63. The summed E-state index contributed by atoms with van der Waals surface area (Å²) >= 11 is 0. The topological polar surface area (TPSA) is 32.8 Å². The summed E-state index contributed by atoms with van der Waals surface area (Å²) in [7, 11) is 6.89. The average molecular weight is 184 g/mol. The van der Waals surface area contributed by atoms with Crippen LogP contribution in [0.4, 0.5) is 4.79 Å². The molecule has 0 aromatic carbocycles. The van der Waals surface area contributed by atoms with E-state index in [1.807, 2.05) is 19.0 Å². The van der Waals surface area contributed by atoms with Crippen molar-refractivity contribution in [3.63, 3.8) is 0 Å². The molecule has 0 saturated carbocycles. The fourth-order valence-corrected chi connectivity index (χ4v) is 0.609. The highest BCUT2D eigenvalue weighted by Crippen LogP contribution is 1.85. The molecule has 0 fully saturated rings. The molecule has 0 saturated heterocycles. The second-order valence-corrected chi connectivity index (χ2v) is 2.92. The molecule has 0 heterocycles. The number of hydrogen-bond donors (Lipinski definition) is 0. The smallest absolute Gasteiger partial charge is 0.410 e. The van der Waals surface area contributed by atoms with Gasteiger partial charge in [-0.25, -0.2) is 4.79 Å². The average Bonchev–Trinajstić information content (AvgIpc) is 2.10. The Morgan fingerprint density at radius 1 is 1.23 bits per heavy atom. The zero-order valence-electron chi connectivity index (χ0n) is 8.63. The van der Waals surface area contributed by atoms with Crippen molar-refractivity contribution in [2.75, 3.05) is 41.3 Å². The third-order valence-electron chi connectivity index (χ3n) is 1.32. The van der Waals surface area contributed by atoms with Crippen molar-refractivity contribution >= 4 is 6.09 Å². The second-order valence-electron chi connectivity index (χ2n) is 2.92. The lowest BCUT2D eigenvalue weighted by Gasteiger charge is -2.10. The van der Waals surface area contributed by atoms with Crippen molar-refractivity contribution in [2.24, 2.45) is 0 Å². The summed E-state index contributed by atoms with van der Waals surface area (Å²) in [6.07, 6.45) is -0.362. The maximum atomic E-state index is 10.9. The van der Waals surface area contributed by atoms with Crippen molar-refractivity contribution in [1.82, 2.24) is 9.80 Å². The van der Waals surface area contributed by atoms with Crippen LogP contribution in [0.1, 0.15) is 0 Å². The third-order valence-corrected chi connectivity index (χ3v) is 1.32. The van der Waals surface area contributed by atoms with Crippen LogP contribution in [0, 0.1) is 11.8 Å². The van der Waals surface area contributed by atoms with Crippen LogP contribution >= 0.6 is 0 Å². The van der Waals surface area contributed by atoms with Crippen LogP contribution in [0.2, 0.25) is 0 Å². The van der Waals surface area contributed by atoms with Crippen LogP contribution in [-0.4, -0.2) is 57.2 Å². The minimum Gasteiger partial charge on any atom is -0.453 e. The fourth-order valence-electron chi connectivity index (χ4n) is 0.609. The van der Waals surface area contributed by atoms with Gasteiger partial charge in [-0.15, -0.1) is 0 Å². The standard InChI is InChI=1S/C9H16N2O2/c1-10(2)7-5-6-8-11(3)9(12)13-4/h7-8H2,1-4H3. The van der Waals surface area contributed by atoms with Gasteiger partial charge in [-0.3, -0.25) is 4.90 Å². The fraction of sp³-hybridized carbons (Fsp3) is 0.667. The Balaban J connectivity index is 3.72. The summed E-state index contributed by atoms with van der Waals surface area (Å²) in [6, 6.07) is 0. The van der Waals surface area contributed by atoms with Gasteiger partial charge < -0.3 is 9.64 Å². The van der Waals surface area contributed by atoms with Crippen molar-refractivity contribution in [1.29, 1.82) is 0 Å². The number of nitrogens with zero attached hydrogens (tertiary/aromatic N) is 2. The van der Waals surface area contributed by atoms with E-state index in [4.69, 9.17) is 0 Å². The minimum atomic E-state index is -0.362. The number of ether oxygens (including phenoxy) is 1. The van der Waals surface area contributed by atoms with Crippen molar-refractivity contribution < 1.29 is 9.53 Å². The van der Waals surface area contributed by atoms with Gasteiger partial charge in [0.2, 0.25) is 0 Å². The molecule has 0 aromatic heterocycles. The lowest BCUT2D eigenvalue weighted by Crippen LogP contribution is -2.26. The van der Waals surface area contributed by atoms with Crippen LogP contribution in [0.3, 0.4) is 0 Å². The molecule has 0 atom stereocenters. The maximum absolute atomic E-state index is 10.9. The highest BCUT2D eigenvalue weighted by Gasteiger charge is 2.03. The molecule has 0 aliphatic carbocycles. The van der Waals surface area contributed by atoms with Crippen LogP contribution < -0.4 is 0 Å². The summed E-state index contributed by atoms with van der Waals surface area (Å²) in [6.45, 7) is 1.11. The van der Waals surface area contributed by atoms with Gasteiger partial charge in [0.1, 0.15) is 0 Å². The Labute approximate surface area is 79.5 Å². The Morgan fingerprint density at radius 2 is 1.77 bits per heavy atom. The molecule has 1 amide bonds. The number of methoxy groups -OCH3 is 1. The lowest BCUT2D eigenvalue weighted by molar-refractivity contribution is 0.138. The molecule has 0 rings (SSSR count). The Hall–Kier alpha value is -1.21. The zero-order chi connectivity index (χ0) is 10.3. The van der Waals surface area contributed by atoms with Crippen molar-refractivity contribution in [2.45, 2.75) is 0 Å². The first kappa shape index (κ1) is 11.8. The number of rotatable bonds is 2. The number of hydrogen-bond acceptors (Lipinski definition) is 3. The molecule has 4 nitrogen and oxygen atoms in total. The number of carbonyl (C=O) groups is 1. The molecular weight excluding hydrogens is 168 g/mol. The normalized spacial score (nSPS) is 9.00. The first-order valence-corrected chi connectivity index (χ1v) is 3.97. The second kappa shape index (κ2) is 6.32. The first-order chi connectivity index (χ1) is 6.07. The van der Waals surface area contributed by atoms with E-state index in [9.17, 15) is 4.79 Å². The van der Waals surface area contributed by atoms with Crippen molar-refractivity contribution in [3.8, 4) is 11.8 Å². The van der Waals surface area contributed by atoms with Crippen LogP contribution in [0.5, 0.6) is 0 Å². The van der Waals surface area contributed by atoms with E-state index in [0.29, 0.717) is 13.1 Å². The van der Waals surface area contributed by atoms with E-state index in [1.54, 1.807) is 7.05 Å².